The van der Waals surface area contributed by atoms with Crippen molar-refractivity contribution < 1.29 is 0 Å². The minimum absolute atomic E-state index is 0.453. The van der Waals surface area contributed by atoms with Gasteiger partial charge < -0.3 is 10.6 Å². The van der Waals surface area contributed by atoms with E-state index < -0.39 is 0 Å². The Morgan fingerprint density at radius 3 is 3.20 bits per heavy atom. The summed E-state index contributed by atoms with van der Waals surface area (Å²) in [7, 11) is 0. The van der Waals surface area contributed by atoms with Crippen LogP contribution in [0.5, 0.6) is 0 Å². The Kier molecular flexibility index (Phi) is 3.43. The highest BCUT2D eigenvalue weighted by Crippen LogP contribution is 2.24. The lowest BCUT2D eigenvalue weighted by Crippen LogP contribution is -2.35. The maximum absolute atomic E-state index is 5.74. The van der Waals surface area contributed by atoms with Crippen LogP contribution in [0.3, 0.4) is 0 Å². The van der Waals surface area contributed by atoms with E-state index in [-0.39, 0.29) is 0 Å². The molecule has 1 aliphatic heterocycles. The summed E-state index contributed by atoms with van der Waals surface area (Å²) in [6, 6.07) is 2.49. The van der Waals surface area contributed by atoms with Gasteiger partial charge in [0.15, 0.2) is 0 Å². The van der Waals surface area contributed by atoms with Crippen molar-refractivity contribution >= 4 is 17.6 Å². The Morgan fingerprint density at radius 2 is 2.47 bits per heavy atom. The van der Waals surface area contributed by atoms with E-state index in [1.165, 1.54) is 12.8 Å². The molecular weight excluding hydrogens is 208 g/mol. The third-order valence-electron chi connectivity index (χ3n) is 2.78. The van der Waals surface area contributed by atoms with Crippen molar-refractivity contribution in [2.75, 3.05) is 24.2 Å². The van der Waals surface area contributed by atoms with E-state index in [1.54, 1.807) is 18.1 Å². The highest BCUT2D eigenvalue weighted by Gasteiger charge is 2.24. The molecule has 1 unspecified atom stereocenters. The van der Waals surface area contributed by atoms with Gasteiger partial charge in [0.2, 0.25) is 0 Å². The van der Waals surface area contributed by atoms with Crippen molar-refractivity contribution in [1.29, 1.82) is 0 Å². The molecule has 0 aromatic carbocycles. The molecule has 0 bridgehead atoms. The molecule has 4 nitrogen and oxygen atoms in total. The second-order valence-corrected chi connectivity index (χ2v) is 4.47. The number of hydrogen-bond donors (Lipinski definition) is 1. The van der Waals surface area contributed by atoms with Gasteiger partial charge in [0.25, 0.3) is 0 Å². The zero-order valence-corrected chi connectivity index (χ0v) is 9.70. The molecule has 0 aliphatic carbocycles. The van der Waals surface area contributed by atoms with Gasteiger partial charge in [-0.2, -0.15) is 0 Å². The van der Waals surface area contributed by atoms with Crippen molar-refractivity contribution in [3.8, 4) is 0 Å². The molecule has 1 atom stereocenters. The molecule has 1 aliphatic rings. The van der Waals surface area contributed by atoms with Gasteiger partial charge in [-0.3, -0.25) is 0 Å². The zero-order chi connectivity index (χ0) is 10.7. The van der Waals surface area contributed by atoms with Gasteiger partial charge in [-0.1, -0.05) is 0 Å². The molecular formula is C10H16N4S. The summed E-state index contributed by atoms with van der Waals surface area (Å²) in [5.41, 5.74) is 5.74. The van der Waals surface area contributed by atoms with Crippen LogP contribution in [0.4, 0.5) is 5.82 Å². The number of thioether (sulfide) groups is 1. The van der Waals surface area contributed by atoms with Crippen LogP contribution in [-0.4, -0.2) is 35.4 Å². The number of nitrogens with zero attached hydrogens (tertiary/aromatic N) is 3. The number of rotatable bonds is 3. The monoisotopic (exact) mass is 224 g/mol. The summed E-state index contributed by atoms with van der Waals surface area (Å²) in [4.78, 5) is 10.8. The molecule has 1 saturated heterocycles. The first-order valence-electron chi connectivity index (χ1n) is 5.18. The van der Waals surface area contributed by atoms with E-state index in [0.717, 1.165) is 17.4 Å². The average Bonchev–Trinajstić information content (AvgIpc) is 2.77. The smallest absolute Gasteiger partial charge is 0.133 e. The van der Waals surface area contributed by atoms with E-state index >= 15 is 0 Å². The van der Waals surface area contributed by atoms with Crippen LogP contribution >= 0.6 is 11.8 Å². The average molecular weight is 224 g/mol. The van der Waals surface area contributed by atoms with Crippen molar-refractivity contribution in [3.05, 3.63) is 12.4 Å². The predicted molar refractivity (Wildman–Crippen MR) is 63.2 cm³/mol. The van der Waals surface area contributed by atoms with Crippen molar-refractivity contribution in [1.82, 2.24) is 9.97 Å². The minimum atomic E-state index is 0.453. The van der Waals surface area contributed by atoms with Crippen molar-refractivity contribution in [3.63, 3.8) is 0 Å². The molecule has 0 amide bonds. The van der Waals surface area contributed by atoms with E-state index in [4.69, 9.17) is 5.73 Å². The summed E-state index contributed by atoms with van der Waals surface area (Å²) in [5, 5.41) is 1.02. The number of nitrogens with two attached hydrogens (primary N) is 1. The van der Waals surface area contributed by atoms with Crippen LogP contribution in [0.15, 0.2) is 17.4 Å². The van der Waals surface area contributed by atoms with Gasteiger partial charge in [0, 0.05) is 25.2 Å². The molecule has 82 valence electrons. The number of aromatic nitrogens is 2. The Bertz CT molecular complexity index is 331. The number of anilines is 1. The fourth-order valence-corrected chi connectivity index (χ4v) is 2.36. The summed E-state index contributed by atoms with van der Waals surface area (Å²) >= 11 is 1.64. The van der Waals surface area contributed by atoms with Crippen LogP contribution in [0.2, 0.25) is 0 Å². The molecule has 1 fully saturated rings. The summed E-state index contributed by atoms with van der Waals surface area (Å²) in [6.07, 6.45) is 6.04. The van der Waals surface area contributed by atoms with Crippen LogP contribution in [0, 0.1) is 0 Å². The number of hydrogen-bond acceptors (Lipinski definition) is 5. The highest BCUT2D eigenvalue weighted by molar-refractivity contribution is 7.98. The first kappa shape index (κ1) is 10.7. The fourth-order valence-electron chi connectivity index (χ4n) is 1.98. The third kappa shape index (κ3) is 2.23. The second-order valence-electron chi connectivity index (χ2n) is 3.64. The van der Waals surface area contributed by atoms with Gasteiger partial charge in [-0.25, -0.2) is 9.97 Å². The third-order valence-corrected chi connectivity index (χ3v) is 3.42. The van der Waals surface area contributed by atoms with Crippen molar-refractivity contribution in [2.45, 2.75) is 23.9 Å². The molecule has 15 heavy (non-hydrogen) atoms. The summed E-state index contributed by atoms with van der Waals surface area (Å²) < 4.78 is 0. The van der Waals surface area contributed by atoms with Gasteiger partial charge in [0.1, 0.15) is 17.2 Å². The van der Waals surface area contributed by atoms with Gasteiger partial charge >= 0.3 is 0 Å². The lowest BCUT2D eigenvalue weighted by molar-refractivity contribution is 0.669. The normalized spacial score (nSPS) is 20.9. The Balaban J connectivity index is 2.20. The van der Waals surface area contributed by atoms with E-state index in [0.29, 0.717) is 12.6 Å². The Labute approximate surface area is 94.3 Å². The summed E-state index contributed by atoms with van der Waals surface area (Å²) in [5.74, 6) is 1.02. The Hall–Kier alpha value is -0.810. The largest absolute Gasteiger partial charge is 0.352 e. The van der Waals surface area contributed by atoms with E-state index in [9.17, 15) is 0 Å². The maximum Gasteiger partial charge on any atom is 0.133 e. The molecule has 2 heterocycles. The van der Waals surface area contributed by atoms with Crippen LogP contribution < -0.4 is 10.6 Å². The topological polar surface area (TPSA) is 55.0 Å². The molecule has 0 saturated carbocycles. The van der Waals surface area contributed by atoms with Crippen LogP contribution in [0.1, 0.15) is 12.8 Å². The lowest BCUT2D eigenvalue weighted by Gasteiger charge is -2.24. The van der Waals surface area contributed by atoms with Gasteiger partial charge in [-0.05, 0) is 19.1 Å². The van der Waals surface area contributed by atoms with Gasteiger partial charge in [0.05, 0.1) is 0 Å². The zero-order valence-electron chi connectivity index (χ0n) is 8.89. The quantitative estimate of drug-likeness (QED) is 0.616. The van der Waals surface area contributed by atoms with Gasteiger partial charge in [-0.15, -0.1) is 11.8 Å². The standard InChI is InChI=1S/C10H16N4S/c1-15-10-5-9(12-7-13-10)14-4-2-3-8(14)6-11/h5,7-8H,2-4,6,11H2,1H3. The summed E-state index contributed by atoms with van der Waals surface area (Å²) in [6.45, 7) is 1.77. The molecule has 0 spiro atoms. The second kappa shape index (κ2) is 4.81. The molecule has 1 aromatic rings. The lowest BCUT2D eigenvalue weighted by atomic mass is 10.2. The Morgan fingerprint density at radius 1 is 1.60 bits per heavy atom. The predicted octanol–water partition coefficient (Wildman–Crippen LogP) is 1.13. The molecule has 1 aromatic heterocycles. The fraction of sp³-hybridized carbons (Fsp3) is 0.600. The maximum atomic E-state index is 5.74. The van der Waals surface area contributed by atoms with E-state index in [2.05, 4.69) is 14.9 Å². The first-order valence-corrected chi connectivity index (χ1v) is 6.40. The van der Waals surface area contributed by atoms with E-state index in [1.807, 2.05) is 12.3 Å². The minimum Gasteiger partial charge on any atom is -0.352 e. The molecule has 2 rings (SSSR count). The van der Waals surface area contributed by atoms with Crippen LogP contribution in [0.25, 0.3) is 0 Å². The highest BCUT2D eigenvalue weighted by atomic mass is 32.2. The SMILES string of the molecule is CSc1cc(N2CCCC2CN)ncn1. The van der Waals surface area contributed by atoms with Crippen molar-refractivity contribution in [2.24, 2.45) is 5.73 Å². The first-order chi connectivity index (χ1) is 7.35. The molecule has 2 N–H and O–H groups in total. The van der Waals surface area contributed by atoms with Crippen LogP contribution in [-0.2, 0) is 0 Å². The molecule has 0 radical (unpaired) electrons. The molecule has 5 heteroatoms.